The van der Waals surface area contributed by atoms with Crippen molar-refractivity contribution in [2.75, 3.05) is 13.1 Å². The lowest BCUT2D eigenvalue weighted by Crippen LogP contribution is -2.36. The Hall–Kier alpha value is -1.95. The summed E-state index contributed by atoms with van der Waals surface area (Å²) in [4.78, 5) is 27.8. The first kappa shape index (κ1) is 15.1. The Balaban J connectivity index is 2.80. The van der Waals surface area contributed by atoms with E-state index in [-0.39, 0.29) is 12.2 Å². The highest BCUT2D eigenvalue weighted by atomic mass is 16.4. The molecule has 104 valence electrons. The van der Waals surface area contributed by atoms with Gasteiger partial charge in [0, 0.05) is 13.1 Å². The van der Waals surface area contributed by atoms with Gasteiger partial charge in [-0.2, -0.15) is 0 Å². The minimum absolute atomic E-state index is 0.000993. The highest BCUT2D eigenvalue weighted by molar-refractivity contribution is 5.85. The van der Waals surface area contributed by atoms with Crippen LogP contribution in [0.4, 0.5) is 0 Å². The Morgan fingerprint density at radius 1 is 1.42 bits per heavy atom. The van der Waals surface area contributed by atoms with E-state index in [1.165, 1.54) is 6.07 Å². The van der Waals surface area contributed by atoms with Crippen molar-refractivity contribution in [3.8, 4) is 0 Å². The van der Waals surface area contributed by atoms with Crippen molar-refractivity contribution >= 4 is 11.9 Å². The number of carbonyl (C=O) groups is 2. The van der Waals surface area contributed by atoms with Crippen LogP contribution in [0.2, 0.25) is 0 Å². The van der Waals surface area contributed by atoms with Crippen LogP contribution >= 0.6 is 0 Å². The molecule has 0 aliphatic heterocycles. The number of hydrogen-bond acceptors (Lipinski definition) is 4. The molecule has 6 heteroatoms. The van der Waals surface area contributed by atoms with Gasteiger partial charge in [0.05, 0.1) is 12.2 Å². The molecule has 6 nitrogen and oxygen atoms in total. The Kier molecular flexibility index (Phi) is 5.44. The van der Waals surface area contributed by atoms with E-state index < -0.39 is 11.9 Å². The molecule has 1 rings (SSSR count). The van der Waals surface area contributed by atoms with Crippen LogP contribution in [0.3, 0.4) is 0 Å². The fourth-order valence-corrected chi connectivity index (χ4v) is 1.84. The van der Waals surface area contributed by atoms with E-state index in [9.17, 15) is 9.59 Å². The molecule has 0 bridgehead atoms. The SMILES string of the molecule is CC(C)CN(CC(N)=O)Cc1cccc(C(=O)O)n1. The molecule has 0 aliphatic rings. The molecular weight excluding hydrogens is 246 g/mol. The molecule has 19 heavy (non-hydrogen) atoms. The first-order valence-electron chi connectivity index (χ1n) is 6.08. The Morgan fingerprint density at radius 3 is 2.63 bits per heavy atom. The highest BCUT2D eigenvalue weighted by Crippen LogP contribution is 2.06. The second kappa shape index (κ2) is 6.84. The van der Waals surface area contributed by atoms with E-state index in [1.54, 1.807) is 12.1 Å². The second-order valence-corrected chi connectivity index (χ2v) is 4.85. The standard InChI is InChI=1S/C13H19N3O3/c1-9(2)6-16(8-12(14)17)7-10-4-3-5-11(15-10)13(18)19/h3-5,9H,6-8H2,1-2H3,(H2,14,17)(H,18,19). The number of nitrogens with zero attached hydrogens (tertiary/aromatic N) is 2. The monoisotopic (exact) mass is 265 g/mol. The molecular formula is C13H19N3O3. The third kappa shape index (κ3) is 5.48. The van der Waals surface area contributed by atoms with Gasteiger partial charge in [0.2, 0.25) is 5.91 Å². The number of aromatic nitrogens is 1. The molecule has 0 aromatic carbocycles. The van der Waals surface area contributed by atoms with Gasteiger partial charge in [0.15, 0.2) is 0 Å². The summed E-state index contributed by atoms with van der Waals surface area (Å²) in [6, 6.07) is 4.82. The topological polar surface area (TPSA) is 96.5 Å². The van der Waals surface area contributed by atoms with E-state index in [4.69, 9.17) is 10.8 Å². The summed E-state index contributed by atoms with van der Waals surface area (Å²) in [7, 11) is 0. The fourth-order valence-electron chi connectivity index (χ4n) is 1.84. The molecule has 0 fully saturated rings. The van der Waals surface area contributed by atoms with Crippen LogP contribution in [0, 0.1) is 5.92 Å². The van der Waals surface area contributed by atoms with E-state index >= 15 is 0 Å². The Labute approximate surface area is 112 Å². The first-order chi connectivity index (χ1) is 8.88. The van der Waals surface area contributed by atoms with Crippen molar-refractivity contribution in [2.45, 2.75) is 20.4 Å². The molecule has 0 aliphatic carbocycles. The van der Waals surface area contributed by atoms with Crippen molar-refractivity contribution in [1.29, 1.82) is 0 Å². The Bertz CT molecular complexity index is 460. The molecule has 0 spiro atoms. The number of aromatic carboxylic acids is 1. The van der Waals surface area contributed by atoms with Crippen LogP contribution < -0.4 is 5.73 Å². The third-order valence-corrected chi connectivity index (χ3v) is 2.41. The maximum atomic E-state index is 11.0. The smallest absolute Gasteiger partial charge is 0.354 e. The highest BCUT2D eigenvalue weighted by Gasteiger charge is 2.13. The number of carboxylic acid groups (broad SMARTS) is 1. The quantitative estimate of drug-likeness (QED) is 0.757. The molecule has 0 saturated carbocycles. The summed E-state index contributed by atoms with van der Waals surface area (Å²) < 4.78 is 0. The van der Waals surface area contributed by atoms with E-state index in [0.29, 0.717) is 24.7 Å². The molecule has 1 aromatic heterocycles. The average molecular weight is 265 g/mol. The first-order valence-corrected chi connectivity index (χ1v) is 6.08. The lowest BCUT2D eigenvalue weighted by molar-refractivity contribution is -0.119. The minimum atomic E-state index is -1.06. The number of rotatable bonds is 7. The summed E-state index contributed by atoms with van der Waals surface area (Å²) in [5.74, 6) is -1.09. The van der Waals surface area contributed by atoms with Crippen LogP contribution in [0.5, 0.6) is 0 Å². The van der Waals surface area contributed by atoms with Crippen molar-refractivity contribution in [2.24, 2.45) is 11.7 Å². The van der Waals surface area contributed by atoms with Crippen LogP contribution in [0.15, 0.2) is 18.2 Å². The lowest BCUT2D eigenvalue weighted by Gasteiger charge is -2.22. The summed E-state index contributed by atoms with van der Waals surface area (Å²) >= 11 is 0. The summed E-state index contributed by atoms with van der Waals surface area (Å²) in [5, 5.41) is 8.88. The van der Waals surface area contributed by atoms with Crippen LogP contribution in [-0.4, -0.2) is 40.0 Å². The number of carbonyl (C=O) groups excluding carboxylic acids is 1. The molecule has 0 atom stereocenters. The van der Waals surface area contributed by atoms with Gasteiger partial charge in [-0.25, -0.2) is 9.78 Å². The van der Waals surface area contributed by atoms with E-state index in [2.05, 4.69) is 4.98 Å². The summed E-state index contributed by atoms with van der Waals surface area (Å²) in [6.07, 6.45) is 0. The largest absolute Gasteiger partial charge is 0.477 e. The summed E-state index contributed by atoms with van der Waals surface area (Å²) in [5.41, 5.74) is 5.82. The molecule has 1 amide bonds. The van der Waals surface area contributed by atoms with Gasteiger partial charge >= 0.3 is 5.97 Å². The zero-order valence-corrected chi connectivity index (χ0v) is 11.2. The van der Waals surface area contributed by atoms with Gasteiger partial charge in [-0.1, -0.05) is 19.9 Å². The van der Waals surface area contributed by atoms with E-state index in [0.717, 1.165) is 0 Å². The predicted molar refractivity (Wildman–Crippen MR) is 70.5 cm³/mol. The Morgan fingerprint density at radius 2 is 2.11 bits per heavy atom. The second-order valence-electron chi connectivity index (χ2n) is 4.85. The fraction of sp³-hybridized carbons (Fsp3) is 0.462. The van der Waals surface area contributed by atoms with Gasteiger partial charge in [-0.15, -0.1) is 0 Å². The van der Waals surface area contributed by atoms with Crippen molar-refractivity contribution in [1.82, 2.24) is 9.88 Å². The number of primary amides is 1. The zero-order valence-electron chi connectivity index (χ0n) is 11.2. The van der Waals surface area contributed by atoms with Gasteiger partial charge in [-0.05, 0) is 18.1 Å². The normalized spacial score (nSPS) is 10.9. The molecule has 0 unspecified atom stereocenters. The van der Waals surface area contributed by atoms with Gasteiger partial charge in [0.1, 0.15) is 5.69 Å². The lowest BCUT2D eigenvalue weighted by atomic mass is 10.2. The van der Waals surface area contributed by atoms with Crippen molar-refractivity contribution in [3.63, 3.8) is 0 Å². The molecule has 1 heterocycles. The third-order valence-electron chi connectivity index (χ3n) is 2.41. The average Bonchev–Trinajstić information content (AvgIpc) is 2.27. The minimum Gasteiger partial charge on any atom is -0.477 e. The van der Waals surface area contributed by atoms with Crippen molar-refractivity contribution in [3.05, 3.63) is 29.6 Å². The number of hydrogen-bond donors (Lipinski definition) is 2. The van der Waals surface area contributed by atoms with Gasteiger partial charge in [0.25, 0.3) is 0 Å². The predicted octanol–water partition coefficient (Wildman–Crippen LogP) is 0.723. The zero-order chi connectivity index (χ0) is 14.4. The number of nitrogens with two attached hydrogens (primary N) is 1. The molecule has 0 saturated heterocycles. The van der Waals surface area contributed by atoms with Crippen LogP contribution in [0.1, 0.15) is 30.0 Å². The molecule has 3 N–H and O–H groups in total. The summed E-state index contributed by atoms with van der Waals surface area (Å²) in [6.45, 7) is 5.31. The number of pyridine rings is 1. The molecule has 0 radical (unpaired) electrons. The number of carboxylic acids is 1. The van der Waals surface area contributed by atoms with Crippen LogP contribution in [-0.2, 0) is 11.3 Å². The maximum absolute atomic E-state index is 11.0. The number of amides is 1. The van der Waals surface area contributed by atoms with Gasteiger partial charge < -0.3 is 10.8 Å². The van der Waals surface area contributed by atoms with Crippen LogP contribution in [0.25, 0.3) is 0 Å². The van der Waals surface area contributed by atoms with Crippen molar-refractivity contribution < 1.29 is 14.7 Å². The molecule has 1 aromatic rings. The van der Waals surface area contributed by atoms with Gasteiger partial charge in [-0.3, -0.25) is 9.69 Å². The maximum Gasteiger partial charge on any atom is 0.354 e. The van der Waals surface area contributed by atoms with E-state index in [1.807, 2.05) is 18.7 Å².